The molecule has 1 rings (SSSR count). The van der Waals surface area contributed by atoms with E-state index in [1.165, 1.54) is 0 Å². The van der Waals surface area contributed by atoms with Crippen molar-refractivity contribution in [3.8, 4) is 0 Å². The van der Waals surface area contributed by atoms with E-state index < -0.39 is 0 Å². The Hall–Kier alpha value is -0.440. The zero-order chi connectivity index (χ0) is 6.91. The molecule has 0 aliphatic carbocycles. The van der Waals surface area contributed by atoms with Gasteiger partial charge in [0.05, 0.1) is 0 Å². The highest BCUT2D eigenvalue weighted by Gasteiger charge is 2.24. The predicted molar refractivity (Wildman–Crippen MR) is 38.8 cm³/mol. The summed E-state index contributed by atoms with van der Waals surface area (Å²) < 4.78 is 5.17. The van der Waals surface area contributed by atoms with Gasteiger partial charge in [0.1, 0.15) is 22.3 Å². The molecule has 0 aromatic rings. The van der Waals surface area contributed by atoms with Crippen LogP contribution in [0.25, 0.3) is 0 Å². The first-order chi connectivity index (χ1) is 4.10. The number of hydrogen-bond donors (Lipinski definition) is 1. The van der Waals surface area contributed by atoms with Gasteiger partial charge in [-0.05, 0) is 0 Å². The monoisotopic (exact) mass is 125 g/mol. The lowest BCUT2D eigenvalue weighted by atomic mass is 9.64. The predicted octanol–water partition coefficient (Wildman–Crippen LogP) is -2.95. The average molecular weight is 125 g/mol. The van der Waals surface area contributed by atoms with Gasteiger partial charge in [0.2, 0.25) is 5.91 Å². The SMILES string of the molecule is BC1(B)CNC(=O)CO1. The Labute approximate surface area is 56.0 Å². The van der Waals surface area contributed by atoms with Crippen LogP contribution in [0.5, 0.6) is 0 Å². The van der Waals surface area contributed by atoms with E-state index in [1.54, 1.807) is 0 Å². The molecule has 1 amide bonds. The zero-order valence-electron chi connectivity index (χ0n) is 5.73. The van der Waals surface area contributed by atoms with E-state index in [-0.39, 0.29) is 17.9 Å². The molecule has 0 radical (unpaired) electrons. The Morgan fingerprint density at radius 2 is 2.33 bits per heavy atom. The van der Waals surface area contributed by atoms with Gasteiger partial charge in [0.15, 0.2) is 0 Å². The Balaban J connectivity index is 2.44. The van der Waals surface area contributed by atoms with Crippen molar-refractivity contribution in [2.45, 2.75) is 5.40 Å². The number of carbonyl (C=O) groups excluding carboxylic acids is 1. The van der Waals surface area contributed by atoms with E-state index in [0.717, 1.165) is 0 Å². The summed E-state index contributed by atoms with van der Waals surface area (Å²) in [5.41, 5.74) is 0. The Morgan fingerprint density at radius 3 is 2.67 bits per heavy atom. The first-order valence-corrected chi connectivity index (χ1v) is 3.01. The van der Waals surface area contributed by atoms with Gasteiger partial charge in [-0.15, -0.1) is 0 Å². The van der Waals surface area contributed by atoms with E-state index in [0.29, 0.717) is 6.54 Å². The second-order valence-electron chi connectivity index (χ2n) is 2.83. The number of nitrogens with one attached hydrogen (secondary N) is 1. The number of morpholine rings is 1. The first kappa shape index (κ1) is 6.68. The summed E-state index contributed by atoms with van der Waals surface area (Å²) in [4.78, 5) is 10.5. The minimum atomic E-state index is -0.173. The second kappa shape index (κ2) is 2.06. The van der Waals surface area contributed by atoms with Crippen molar-refractivity contribution in [3.05, 3.63) is 0 Å². The van der Waals surface area contributed by atoms with Gasteiger partial charge in [-0.3, -0.25) is 4.79 Å². The third kappa shape index (κ3) is 1.75. The highest BCUT2D eigenvalue weighted by molar-refractivity contribution is 6.39. The quantitative estimate of drug-likeness (QED) is 0.351. The molecule has 3 nitrogen and oxygen atoms in total. The van der Waals surface area contributed by atoms with Crippen LogP contribution < -0.4 is 5.32 Å². The number of amides is 1. The second-order valence-corrected chi connectivity index (χ2v) is 2.83. The van der Waals surface area contributed by atoms with Crippen LogP contribution in [0.3, 0.4) is 0 Å². The lowest BCUT2D eigenvalue weighted by Gasteiger charge is -2.30. The molecule has 0 spiro atoms. The molecule has 0 aromatic heterocycles. The standard InChI is InChI=1S/C4H9B2NO2/c5-4(6)2-7-3(8)1-9-4/h1-2,5-6H2,(H,7,8). The molecule has 1 aliphatic heterocycles. The van der Waals surface area contributed by atoms with Crippen molar-refractivity contribution >= 4 is 21.6 Å². The summed E-state index contributed by atoms with van der Waals surface area (Å²) >= 11 is 0. The molecule has 48 valence electrons. The van der Waals surface area contributed by atoms with Crippen LogP contribution in [-0.2, 0) is 9.53 Å². The number of rotatable bonds is 0. The molecule has 1 heterocycles. The number of carbonyl (C=O) groups is 1. The smallest absolute Gasteiger partial charge is 0.245 e. The molecular formula is C4H9B2NO2. The molecule has 1 fully saturated rings. The fraction of sp³-hybridized carbons (Fsp3) is 0.750. The topological polar surface area (TPSA) is 38.3 Å². The van der Waals surface area contributed by atoms with Gasteiger partial charge in [-0.25, -0.2) is 0 Å². The van der Waals surface area contributed by atoms with Crippen LogP contribution in [0.4, 0.5) is 0 Å². The summed E-state index contributed by atoms with van der Waals surface area (Å²) in [6.45, 7) is 0.818. The highest BCUT2D eigenvalue weighted by atomic mass is 16.5. The van der Waals surface area contributed by atoms with Gasteiger partial charge in [-0.1, -0.05) is 0 Å². The Kier molecular flexibility index (Phi) is 1.53. The van der Waals surface area contributed by atoms with Gasteiger partial charge >= 0.3 is 0 Å². The Bertz CT molecular complexity index is 125. The van der Waals surface area contributed by atoms with Crippen molar-refractivity contribution in [2.24, 2.45) is 0 Å². The molecule has 1 aliphatic rings. The molecule has 1 saturated heterocycles. The largest absolute Gasteiger partial charge is 0.381 e. The number of hydrogen-bond acceptors (Lipinski definition) is 2. The van der Waals surface area contributed by atoms with E-state index in [1.807, 2.05) is 15.7 Å². The molecule has 0 saturated carbocycles. The molecule has 5 heteroatoms. The van der Waals surface area contributed by atoms with Crippen LogP contribution in [0.15, 0.2) is 0 Å². The highest BCUT2D eigenvalue weighted by Crippen LogP contribution is 2.01. The van der Waals surface area contributed by atoms with Crippen molar-refractivity contribution < 1.29 is 9.53 Å². The molecule has 0 atom stereocenters. The van der Waals surface area contributed by atoms with Crippen molar-refractivity contribution in [1.29, 1.82) is 0 Å². The maximum Gasteiger partial charge on any atom is 0.245 e. The zero-order valence-corrected chi connectivity index (χ0v) is 5.73. The van der Waals surface area contributed by atoms with Crippen LogP contribution in [0.1, 0.15) is 0 Å². The Morgan fingerprint density at radius 1 is 1.67 bits per heavy atom. The summed E-state index contributed by atoms with van der Waals surface area (Å²) in [6.07, 6.45) is 0. The molecule has 0 bridgehead atoms. The van der Waals surface area contributed by atoms with Crippen LogP contribution in [-0.4, -0.2) is 40.2 Å². The molecule has 0 unspecified atom stereocenters. The van der Waals surface area contributed by atoms with Crippen LogP contribution in [0.2, 0.25) is 0 Å². The molecule has 0 aromatic carbocycles. The van der Waals surface area contributed by atoms with Gasteiger partial charge in [-0.2, -0.15) is 0 Å². The molecular weight excluding hydrogens is 116 g/mol. The summed E-state index contributed by atoms with van der Waals surface area (Å²) in [5, 5.41) is 2.54. The molecule has 9 heavy (non-hydrogen) atoms. The maximum absolute atomic E-state index is 10.5. The first-order valence-electron chi connectivity index (χ1n) is 3.01. The lowest BCUT2D eigenvalue weighted by molar-refractivity contribution is -0.131. The van der Waals surface area contributed by atoms with E-state index in [9.17, 15) is 4.79 Å². The van der Waals surface area contributed by atoms with Crippen LogP contribution in [0, 0.1) is 0 Å². The number of ether oxygens (including phenoxy) is 1. The molecule has 1 N–H and O–H groups in total. The normalized spacial score (nSPS) is 25.1. The minimum absolute atomic E-state index is 0.0191. The maximum atomic E-state index is 10.5. The third-order valence-electron chi connectivity index (χ3n) is 1.31. The summed E-state index contributed by atoms with van der Waals surface area (Å²) in [6, 6.07) is 0. The fourth-order valence-electron chi connectivity index (χ4n) is 0.674. The lowest BCUT2D eigenvalue weighted by Crippen LogP contribution is -2.53. The van der Waals surface area contributed by atoms with Gasteiger partial charge in [0.25, 0.3) is 0 Å². The van der Waals surface area contributed by atoms with Crippen LogP contribution >= 0.6 is 0 Å². The summed E-state index contributed by atoms with van der Waals surface area (Å²) in [7, 11) is 3.90. The van der Waals surface area contributed by atoms with E-state index >= 15 is 0 Å². The minimum Gasteiger partial charge on any atom is -0.381 e. The summed E-state index contributed by atoms with van der Waals surface area (Å²) in [5.74, 6) is -0.0191. The van der Waals surface area contributed by atoms with E-state index in [2.05, 4.69) is 5.32 Å². The average Bonchev–Trinajstić information content (AvgIpc) is 1.78. The fourth-order valence-corrected chi connectivity index (χ4v) is 0.674. The van der Waals surface area contributed by atoms with Crippen molar-refractivity contribution in [3.63, 3.8) is 0 Å². The van der Waals surface area contributed by atoms with Gasteiger partial charge in [0, 0.05) is 11.9 Å². The van der Waals surface area contributed by atoms with E-state index in [4.69, 9.17) is 4.74 Å². The van der Waals surface area contributed by atoms with Gasteiger partial charge < -0.3 is 10.1 Å². The third-order valence-corrected chi connectivity index (χ3v) is 1.31. The van der Waals surface area contributed by atoms with Crippen molar-refractivity contribution in [1.82, 2.24) is 5.32 Å². The van der Waals surface area contributed by atoms with Crippen molar-refractivity contribution in [2.75, 3.05) is 13.2 Å².